The predicted molar refractivity (Wildman–Crippen MR) is 118 cm³/mol. The monoisotopic (exact) mass is 421 g/mol. The number of rotatable bonds is 2. The Morgan fingerprint density at radius 2 is 1.80 bits per heavy atom. The topological polar surface area (TPSA) is 56.4 Å². The summed E-state index contributed by atoms with van der Waals surface area (Å²) in [7, 11) is 0. The Morgan fingerprint density at radius 1 is 1.10 bits per heavy atom. The van der Waals surface area contributed by atoms with Crippen molar-refractivity contribution in [2.24, 2.45) is 0 Å². The van der Waals surface area contributed by atoms with Crippen molar-refractivity contribution in [3.63, 3.8) is 0 Å². The number of fused-ring (bicyclic) bond motifs is 5. The number of para-hydroxylation sites is 1. The van der Waals surface area contributed by atoms with Crippen molar-refractivity contribution < 1.29 is 9.59 Å². The van der Waals surface area contributed by atoms with E-state index in [-0.39, 0.29) is 30.3 Å². The van der Waals surface area contributed by atoms with Gasteiger partial charge in [-0.2, -0.15) is 0 Å². The molecular formula is C24H24ClN3O2. The standard InChI is InChI=1S/C24H24ClN3O2/c1-14(2)27-13-20(29)28-12-17(15-8-4-6-10-18(15)25)21-16-9-5-7-11-19(16)26-22(21)24(28,3)23(27)30/h4-11,14,17,26H,12-13H2,1-3H3/t17?,24-/m0/s1. The maximum absolute atomic E-state index is 13.7. The van der Waals surface area contributed by atoms with Crippen LogP contribution in [0.5, 0.6) is 0 Å². The number of aromatic nitrogens is 1. The van der Waals surface area contributed by atoms with Gasteiger partial charge in [0.2, 0.25) is 5.91 Å². The lowest BCUT2D eigenvalue weighted by atomic mass is 9.76. The second-order valence-corrected chi connectivity index (χ2v) is 9.04. The molecule has 1 saturated heterocycles. The van der Waals surface area contributed by atoms with E-state index < -0.39 is 5.54 Å². The van der Waals surface area contributed by atoms with Gasteiger partial charge in [0, 0.05) is 34.4 Å². The number of H-pyrrole nitrogens is 1. The number of amides is 2. The molecule has 0 bridgehead atoms. The zero-order chi connectivity index (χ0) is 21.2. The minimum Gasteiger partial charge on any atom is -0.356 e. The minimum absolute atomic E-state index is 0.0350. The first-order valence-corrected chi connectivity index (χ1v) is 10.7. The summed E-state index contributed by atoms with van der Waals surface area (Å²) in [5, 5.41) is 1.74. The Morgan fingerprint density at radius 3 is 2.53 bits per heavy atom. The zero-order valence-corrected chi connectivity index (χ0v) is 18.0. The molecule has 2 atom stereocenters. The fraction of sp³-hybridized carbons (Fsp3) is 0.333. The lowest BCUT2D eigenvalue weighted by Gasteiger charge is -2.52. The SMILES string of the molecule is CC(C)N1CC(=O)N2CC(c3ccccc3Cl)c3c([nH]c4ccccc34)[C@@]2(C)C1=O. The highest BCUT2D eigenvalue weighted by atomic mass is 35.5. The van der Waals surface area contributed by atoms with Gasteiger partial charge in [-0.05, 0) is 44.0 Å². The molecule has 1 fully saturated rings. The first kappa shape index (κ1) is 19.2. The summed E-state index contributed by atoms with van der Waals surface area (Å²) in [6.07, 6.45) is 0. The van der Waals surface area contributed by atoms with Gasteiger partial charge in [0.25, 0.3) is 5.91 Å². The van der Waals surface area contributed by atoms with Crippen molar-refractivity contribution in [1.82, 2.24) is 14.8 Å². The highest BCUT2D eigenvalue weighted by Gasteiger charge is 2.56. The summed E-state index contributed by atoms with van der Waals surface area (Å²) >= 11 is 6.59. The molecule has 3 aromatic rings. The fourth-order valence-corrected chi connectivity index (χ4v) is 5.35. The normalized spacial score (nSPS) is 23.8. The number of hydrogen-bond acceptors (Lipinski definition) is 2. The molecule has 6 heteroatoms. The number of piperazine rings is 1. The lowest BCUT2D eigenvalue weighted by Crippen LogP contribution is -2.68. The summed E-state index contributed by atoms with van der Waals surface area (Å²) < 4.78 is 0. The van der Waals surface area contributed by atoms with E-state index in [0.717, 1.165) is 27.7 Å². The van der Waals surface area contributed by atoms with E-state index in [1.165, 1.54) is 0 Å². The van der Waals surface area contributed by atoms with Gasteiger partial charge in [0.05, 0.1) is 5.69 Å². The molecule has 2 aromatic carbocycles. The molecule has 5 nitrogen and oxygen atoms in total. The second kappa shape index (κ2) is 6.61. The van der Waals surface area contributed by atoms with Crippen molar-refractivity contribution >= 4 is 34.3 Å². The first-order valence-electron chi connectivity index (χ1n) is 10.3. The summed E-state index contributed by atoms with van der Waals surface area (Å²) in [5.74, 6) is -0.185. The number of hydrogen-bond donors (Lipinski definition) is 1. The third-order valence-corrected chi connectivity index (χ3v) is 7.02. The molecule has 0 saturated carbocycles. The van der Waals surface area contributed by atoms with E-state index in [4.69, 9.17) is 11.6 Å². The number of carbonyl (C=O) groups excluding carboxylic acids is 2. The molecule has 30 heavy (non-hydrogen) atoms. The quantitative estimate of drug-likeness (QED) is 0.672. The minimum atomic E-state index is -1.06. The van der Waals surface area contributed by atoms with Gasteiger partial charge >= 0.3 is 0 Å². The van der Waals surface area contributed by atoms with Crippen LogP contribution in [-0.4, -0.2) is 45.7 Å². The molecule has 1 N–H and O–H groups in total. The van der Waals surface area contributed by atoms with Gasteiger partial charge in [-0.15, -0.1) is 0 Å². The maximum Gasteiger partial charge on any atom is 0.255 e. The van der Waals surface area contributed by atoms with E-state index in [1.807, 2.05) is 63.2 Å². The van der Waals surface area contributed by atoms with E-state index in [9.17, 15) is 9.59 Å². The lowest BCUT2D eigenvalue weighted by molar-refractivity contribution is -0.168. The molecule has 5 rings (SSSR count). The Kier molecular flexibility index (Phi) is 4.23. The Balaban J connectivity index is 1.81. The van der Waals surface area contributed by atoms with Gasteiger partial charge in [0.15, 0.2) is 5.54 Å². The first-order chi connectivity index (χ1) is 14.3. The van der Waals surface area contributed by atoms with Crippen molar-refractivity contribution in [2.75, 3.05) is 13.1 Å². The van der Waals surface area contributed by atoms with Crippen LogP contribution in [0.2, 0.25) is 5.02 Å². The molecule has 1 unspecified atom stereocenters. The van der Waals surface area contributed by atoms with E-state index in [2.05, 4.69) is 11.1 Å². The smallest absolute Gasteiger partial charge is 0.255 e. The molecule has 2 amide bonds. The molecule has 3 heterocycles. The van der Waals surface area contributed by atoms with Gasteiger partial charge in [-0.25, -0.2) is 0 Å². The third kappa shape index (κ3) is 2.48. The number of nitrogens with zero attached hydrogens (tertiary/aromatic N) is 2. The van der Waals surface area contributed by atoms with Crippen LogP contribution in [0.4, 0.5) is 0 Å². The molecule has 154 valence electrons. The Hall–Kier alpha value is -2.79. The van der Waals surface area contributed by atoms with Gasteiger partial charge in [0.1, 0.15) is 6.54 Å². The summed E-state index contributed by atoms with van der Waals surface area (Å²) in [6.45, 7) is 6.30. The van der Waals surface area contributed by atoms with Crippen molar-refractivity contribution in [1.29, 1.82) is 0 Å². The molecule has 1 aromatic heterocycles. The molecule has 0 radical (unpaired) electrons. The average Bonchev–Trinajstić information content (AvgIpc) is 3.12. The highest BCUT2D eigenvalue weighted by Crippen LogP contribution is 2.49. The van der Waals surface area contributed by atoms with Crippen molar-refractivity contribution in [3.8, 4) is 0 Å². The molecule has 2 aliphatic heterocycles. The van der Waals surface area contributed by atoms with Crippen LogP contribution in [0.3, 0.4) is 0 Å². The van der Waals surface area contributed by atoms with Crippen LogP contribution < -0.4 is 0 Å². The molecule has 0 spiro atoms. The van der Waals surface area contributed by atoms with Crippen molar-refractivity contribution in [3.05, 3.63) is 70.4 Å². The van der Waals surface area contributed by atoms with Crippen LogP contribution in [0.1, 0.15) is 43.5 Å². The van der Waals surface area contributed by atoms with Crippen LogP contribution in [0.25, 0.3) is 10.9 Å². The van der Waals surface area contributed by atoms with Gasteiger partial charge in [-0.3, -0.25) is 9.59 Å². The average molecular weight is 422 g/mol. The maximum atomic E-state index is 13.7. The largest absolute Gasteiger partial charge is 0.356 e. The van der Waals surface area contributed by atoms with E-state index >= 15 is 0 Å². The van der Waals surface area contributed by atoms with Crippen molar-refractivity contribution in [2.45, 2.75) is 38.3 Å². The van der Waals surface area contributed by atoms with Gasteiger partial charge < -0.3 is 14.8 Å². The van der Waals surface area contributed by atoms with Crippen LogP contribution >= 0.6 is 11.6 Å². The molecular weight excluding hydrogens is 398 g/mol. The second-order valence-electron chi connectivity index (χ2n) is 8.64. The zero-order valence-electron chi connectivity index (χ0n) is 17.3. The Labute approximate surface area is 180 Å². The van der Waals surface area contributed by atoms with Crippen LogP contribution in [-0.2, 0) is 15.1 Å². The van der Waals surface area contributed by atoms with E-state index in [0.29, 0.717) is 11.6 Å². The summed E-state index contributed by atoms with van der Waals surface area (Å²) in [5.41, 5.74) is 2.72. The van der Waals surface area contributed by atoms with E-state index in [1.54, 1.807) is 9.80 Å². The third-order valence-electron chi connectivity index (χ3n) is 6.67. The molecule has 0 aliphatic carbocycles. The predicted octanol–water partition coefficient (Wildman–Crippen LogP) is 4.26. The van der Waals surface area contributed by atoms with Gasteiger partial charge in [-0.1, -0.05) is 48.0 Å². The molecule has 2 aliphatic rings. The number of halogens is 1. The number of benzene rings is 2. The highest BCUT2D eigenvalue weighted by molar-refractivity contribution is 6.31. The van der Waals surface area contributed by atoms with Crippen LogP contribution in [0.15, 0.2) is 48.5 Å². The summed E-state index contributed by atoms with van der Waals surface area (Å²) in [6, 6.07) is 15.8. The summed E-state index contributed by atoms with van der Waals surface area (Å²) in [4.78, 5) is 33.9. The Bertz CT molecular complexity index is 1180. The number of nitrogens with one attached hydrogen (secondary N) is 1. The number of aromatic amines is 1. The fourth-order valence-electron chi connectivity index (χ4n) is 5.09. The number of carbonyl (C=O) groups is 2. The van der Waals surface area contributed by atoms with Crippen LogP contribution in [0, 0.1) is 0 Å².